The third-order valence-corrected chi connectivity index (χ3v) is 4.37. The van der Waals surface area contributed by atoms with Gasteiger partial charge in [-0.3, -0.25) is 15.1 Å². The fourth-order valence-corrected chi connectivity index (χ4v) is 2.85. The Kier molecular flexibility index (Phi) is 5.60. The largest absolute Gasteiger partial charge is 0.368 e. The number of amides is 1. The molecule has 3 rings (SSSR count). The van der Waals surface area contributed by atoms with Crippen LogP contribution in [0.4, 0.5) is 23.3 Å². The van der Waals surface area contributed by atoms with Gasteiger partial charge in [0.2, 0.25) is 5.95 Å². The highest BCUT2D eigenvalue weighted by molar-refractivity contribution is 14.1. The van der Waals surface area contributed by atoms with Gasteiger partial charge in [0.05, 0.1) is 5.69 Å². The van der Waals surface area contributed by atoms with Crippen molar-refractivity contribution in [3.8, 4) is 0 Å². The van der Waals surface area contributed by atoms with Crippen LogP contribution in [0.2, 0.25) is 0 Å². The highest BCUT2D eigenvalue weighted by atomic mass is 127. The van der Waals surface area contributed by atoms with Gasteiger partial charge in [-0.15, -0.1) is 0 Å². The first-order valence-corrected chi connectivity index (χ1v) is 8.96. The zero-order chi connectivity index (χ0) is 19.4. The average molecular weight is 473 g/mol. The van der Waals surface area contributed by atoms with Crippen LogP contribution in [0, 0.1) is 8.98 Å². The third-order valence-electron chi connectivity index (χ3n) is 3.70. The van der Waals surface area contributed by atoms with Crippen molar-refractivity contribution in [2.45, 2.75) is 0 Å². The molecule has 136 valence electrons. The van der Waals surface area contributed by atoms with Crippen molar-refractivity contribution in [1.82, 2.24) is 15.0 Å². The standard InChI is InChI=1S/C18H16IN7O/c1-26(15-4-2-3-8-22-15)17(27)16(20)12-6-5-11(19)10-13(12)24-14-7-9-23-18(21)25-14/h2-10,20H,1H3,(H3,21,23,24,25). The molecule has 8 nitrogen and oxygen atoms in total. The molecule has 0 unspecified atom stereocenters. The topological polar surface area (TPSA) is 121 Å². The number of nitrogen functional groups attached to an aromatic ring is 1. The number of benzene rings is 1. The van der Waals surface area contributed by atoms with E-state index in [4.69, 9.17) is 11.1 Å². The maximum Gasteiger partial charge on any atom is 0.277 e. The van der Waals surface area contributed by atoms with Crippen molar-refractivity contribution in [3.63, 3.8) is 0 Å². The average Bonchev–Trinajstić information content (AvgIpc) is 2.67. The van der Waals surface area contributed by atoms with E-state index in [1.54, 1.807) is 43.6 Å². The van der Waals surface area contributed by atoms with Gasteiger partial charge in [-0.25, -0.2) is 9.97 Å². The molecule has 0 bridgehead atoms. The van der Waals surface area contributed by atoms with E-state index in [0.29, 0.717) is 22.9 Å². The minimum absolute atomic E-state index is 0.133. The lowest BCUT2D eigenvalue weighted by Crippen LogP contribution is -2.34. The van der Waals surface area contributed by atoms with Gasteiger partial charge in [0, 0.05) is 28.6 Å². The molecule has 0 aliphatic rings. The number of nitrogens with one attached hydrogen (secondary N) is 2. The number of hydrogen-bond donors (Lipinski definition) is 3. The lowest BCUT2D eigenvalue weighted by Gasteiger charge is -2.18. The number of pyridine rings is 1. The molecule has 0 aliphatic carbocycles. The first-order valence-electron chi connectivity index (χ1n) is 7.89. The van der Waals surface area contributed by atoms with Crippen molar-refractivity contribution >= 4 is 57.5 Å². The lowest BCUT2D eigenvalue weighted by atomic mass is 10.1. The Morgan fingerprint density at radius 3 is 2.70 bits per heavy atom. The second-order valence-electron chi connectivity index (χ2n) is 5.54. The van der Waals surface area contributed by atoms with Crippen LogP contribution in [0.25, 0.3) is 0 Å². The summed E-state index contributed by atoms with van der Waals surface area (Å²) in [6, 6.07) is 12.3. The number of nitrogens with zero attached hydrogens (tertiary/aromatic N) is 4. The SMILES string of the molecule is CN(C(=O)C(=N)c1ccc(I)cc1Nc1ccnc(N)n1)c1ccccn1. The Bertz CT molecular complexity index is 994. The molecule has 0 saturated carbocycles. The molecule has 1 aromatic carbocycles. The number of likely N-dealkylation sites (N-methyl/N-ethyl adjacent to an activating group) is 1. The highest BCUT2D eigenvalue weighted by Gasteiger charge is 2.21. The monoisotopic (exact) mass is 473 g/mol. The van der Waals surface area contributed by atoms with Crippen LogP contribution < -0.4 is 16.0 Å². The second-order valence-corrected chi connectivity index (χ2v) is 6.79. The zero-order valence-corrected chi connectivity index (χ0v) is 16.5. The molecule has 2 heterocycles. The van der Waals surface area contributed by atoms with Gasteiger partial charge in [0.25, 0.3) is 5.91 Å². The van der Waals surface area contributed by atoms with Crippen molar-refractivity contribution in [3.05, 3.63) is 64.0 Å². The summed E-state index contributed by atoms with van der Waals surface area (Å²) in [6.07, 6.45) is 3.13. The minimum atomic E-state index is -0.472. The number of nitrogens with two attached hydrogens (primary N) is 1. The maximum absolute atomic E-state index is 12.8. The molecular formula is C18H16IN7O. The molecule has 0 aliphatic heterocycles. The van der Waals surface area contributed by atoms with Crippen LogP contribution in [-0.2, 0) is 4.79 Å². The summed E-state index contributed by atoms with van der Waals surface area (Å²) < 4.78 is 0.944. The Morgan fingerprint density at radius 2 is 2.00 bits per heavy atom. The molecule has 1 amide bonds. The van der Waals surface area contributed by atoms with E-state index in [-0.39, 0.29) is 11.7 Å². The van der Waals surface area contributed by atoms with E-state index in [1.165, 1.54) is 11.1 Å². The van der Waals surface area contributed by atoms with E-state index in [1.807, 2.05) is 12.1 Å². The summed E-state index contributed by atoms with van der Waals surface area (Å²) in [5.41, 5.74) is 6.48. The van der Waals surface area contributed by atoms with Gasteiger partial charge in [0.1, 0.15) is 17.3 Å². The Morgan fingerprint density at radius 1 is 1.19 bits per heavy atom. The quantitative estimate of drug-likeness (QED) is 0.387. The van der Waals surface area contributed by atoms with E-state index in [2.05, 4.69) is 42.9 Å². The Labute approximate surface area is 169 Å². The fraction of sp³-hybridized carbons (Fsp3) is 0.0556. The molecule has 4 N–H and O–H groups in total. The molecule has 2 aromatic heterocycles. The lowest BCUT2D eigenvalue weighted by molar-refractivity contribution is -0.112. The Hall–Kier alpha value is -3.08. The molecule has 0 atom stereocenters. The second kappa shape index (κ2) is 8.08. The molecule has 9 heteroatoms. The van der Waals surface area contributed by atoms with Gasteiger partial charge in [0.15, 0.2) is 0 Å². The molecule has 0 spiro atoms. The smallest absolute Gasteiger partial charge is 0.277 e. The zero-order valence-electron chi connectivity index (χ0n) is 14.3. The maximum atomic E-state index is 12.8. The van der Waals surface area contributed by atoms with Crippen LogP contribution in [0.3, 0.4) is 0 Å². The summed E-state index contributed by atoms with van der Waals surface area (Å²) in [5.74, 6) is 0.605. The minimum Gasteiger partial charge on any atom is -0.368 e. The number of aromatic nitrogens is 3. The molecule has 3 aromatic rings. The van der Waals surface area contributed by atoms with Gasteiger partial charge in [-0.05, 0) is 59.0 Å². The van der Waals surface area contributed by atoms with Crippen molar-refractivity contribution in [1.29, 1.82) is 5.41 Å². The van der Waals surface area contributed by atoms with Gasteiger partial charge in [-0.2, -0.15) is 4.98 Å². The fourth-order valence-electron chi connectivity index (χ4n) is 2.36. The van der Waals surface area contributed by atoms with E-state index in [0.717, 1.165) is 3.57 Å². The molecule has 0 radical (unpaired) electrons. The highest BCUT2D eigenvalue weighted by Crippen LogP contribution is 2.24. The number of rotatable bonds is 5. The number of carbonyl (C=O) groups is 1. The number of carbonyl (C=O) groups excluding carboxylic acids is 1. The first kappa shape index (κ1) is 18.7. The first-order chi connectivity index (χ1) is 13.0. The van der Waals surface area contributed by atoms with Crippen LogP contribution in [0.15, 0.2) is 54.9 Å². The molecular weight excluding hydrogens is 457 g/mol. The van der Waals surface area contributed by atoms with E-state index in [9.17, 15) is 4.79 Å². The Balaban J connectivity index is 1.91. The summed E-state index contributed by atoms with van der Waals surface area (Å²) in [4.78, 5) is 26.2. The number of anilines is 4. The normalized spacial score (nSPS) is 10.3. The van der Waals surface area contributed by atoms with Gasteiger partial charge >= 0.3 is 0 Å². The van der Waals surface area contributed by atoms with Crippen molar-refractivity contribution < 1.29 is 4.79 Å². The number of halogens is 1. The van der Waals surface area contributed by atoms with Crippen molar-refractivity contribution in [2.24, 2.45) is 0 Å². The van der Waals surface area contributed by atoms with Gasteiger partial charge in [-0.1, -0.05) is 6.07 Å². The van der Waals surface area contributed by atoms with Gasteiger partial charge < -0.3 is 11.1 Å². The van der Waals surface area contributed by atoms with Crippen molar-refractivity contribution in [2.75, 3.05) is 23.0 Å². The summed E-state index contributed by atoms with van der Waals surface area (Å²) in [5, 5.41) is 11.5. The van der Waals surface area contributed by atoms with E-state index < -0.39 is 5.91 Å². The van der Waals surface area contributed by atoms with Crippen LogP contribution >= 0.6 is 22.6 Å². The molecule has 27 heavy (non-hydrogen) atoms. The molecule has 0 fully saturated rings. The van der Waals surface area contributed by atoms with E-state index >= 15 is 0 Å². The predicted molar refractivity (Wildman–Crippen MR) is 113 cm³/mol. The predicted octanol–water partition coefficient (Wildman–Crippen LogP) is 2.83. The van der Waals surface area contributed by atoms with Crippen LogP contribution in [0.1, 0.15) is 5.56 Å². The number of hydrogen-bond acceptors (Lipinski definition) is 7. The summed E-state index contributed by atoms with van der Waals surface area (Å²) in [6.45, 7) is 0. The van der Waals surface area contributed by atoms with Crippen LogP contribution in [0.5, 0.6) is 0 Å². The third kappa shape index (κ3) is 4.37. The van der Waals surface area contributed by atoms with Crippen LogP contribution in [-0.4, -0.2) is 33.6 Å². The summed E-state index contributed by atoms with van der Waals surface area (Å²) in [7, 11) is 1.59. The summed E-state index contributed by atoms with van der Waals surface area (Å²) >= 11 is 2.16. The molecule has 0 saturated heterocycles.